The van der Waals surface area contributed by atoms with Crippen molar-refractivity contribution in [2.75, 3.05) is 17.6 Å². The quantitative estimate of drug-likeness (QED) is 0.733. The van der Waals surface area contributed by atoms with Crippen molar-refractivity contribution in [1.29, 1.82) is 0 Å². The Bertz CT molecular complexity index is 629. The highest BCUT2D eigenvalue weighted by Gasteiger charge is 2.11. The van der Waals surface area contributed by atoms with Gasteiger partial charge in [0.05, 0.1) is 16.9 Å². The number of anilines is 2. The summed E-state index contributed by atoms with van der Waals surface area (Å²) in [4.78, 5) is 11.1. The number of carboxylic acid groups (broad SMARTS) is 1. The zero-order valence-corrected chi connectivity index (χ0v) is 10.8. The van der Waals surface area contributed by atoms with Crippen molar-refractivity contribution in [1.82, 2.24) is 0 Å². The molecule has 0 radical (unpaired) electrons. The smallest absolute Gasteiger partial charge is 0.337 e. The number of carbonyl (C=O) groups is 1. The molecule has 0 saturated heterocycles. The first-order valence-corrected chi connectivity index (χ1v) is 6.18. The number of nitrogen functional groups attached to an aromatic ring is 1. The van der Waals surface area contributed by atoms with Crippen molar-refractivity contribution >= 4 is 17.3 Å². The first-order valence-electron chi connectivity index (χ1n) is 6.18. The summed E-state index contributed by atoms with van der Waals surface area (Å²) in [6.45, 7) is 0.470. The number of benzene rings is 2. The fourth-order valence-electron chi connectivity index (χ4n) is 1.97. The summed E-state index contributed by atoms with van der Waals surface area (Å²) in [6.07, 6.45) is 0.575. The molecule has 0 atom stereocenters. The summed E-state index contributed by atoms with van der Waals surface area (Å²) in [6, 6.07) is 11.0. The number of aromatic carboxylic acids is 1. The zero-order valence-electron chi connectivity index (χ0n) is 10.8. The second-order valence-corrected chi connectivity index (χ2v) is 4.38. The van der Waals surface area contributed by atoms with Crippen LogP contribution < -0.4 is 11.1 Å². The van der Waals surface area contributed by atoms with Crippen LogP contribution in [0.1, 0.15) is 15.9 Å². The molecule has 0 heterocycles. The van der Waals surface area contributed by atoms with Gasteiger partial charge in [-0.3, -0.25) is 0 Å². The molecule has 4 N–H and O–H groups in total. The van der Waals surface area contributed by atoms with Gasteiger partial charge in [-0.2, -0.15) is 0 Å². The number of halogens is 1. The minimum Gasteiger partial charge on any atom is -0.478 e. The highest BCUT2D eigenvalue weighted by atomic mass is 19.1. The van der Waals surface area contributed by atoms with Gasteiger partial charge in [-0.25, -0.2) is 9.18 Å². The molecule has 0 bridgehead atoms. The summed E-state index contributed by atoms with van der Waals surface area (Å²) in [5.74, 6) is -1.32. The van der Waals surface area contributed by atoms with E-state index in [4.69, 9.17) is 10.8 Å². The maximum atomic E-state index is 13.0. The molecular weight excluding hydrogens is 259 g/mol. The monoisotopic (exact) mass is 274 g/mol. The van der Waals surface area contributed by atoms with Crippen molar-refractivity contribution < 1.29 is 14.3 Å². The summed E-state index contributed by atoms with van der Waals surface area (Å²) in [7, 11) is 0. The zero-order chi connectivity index (χ0) is 14.5. The largest absolute Gasteiger partial charge is 0.478 e. The Morgan fingerprint density at radius 3 is 2.70 bits per heavy atom. The number of para-hydroxylation sites is 1. The molecule has 0 aliphatic heterocycles. The van der Waals surface area contributed by atoms with Gasteiger partial charge in [0.2, 0.25) is 0 Å². The molecular formula is C15H15FN2O2. The highest BCUT2D eigenvalue weighted by molar-refractivity contribution is 5.97. The molecule has 2 aromatic carbocycles. The Kier molecular flexibility index (Phi) is 4.20. The molecule has 0 saturated carbocycles. The minimum atomic E-state index is -1.04. The number of hydrogen-bond acceptors (Lipinski definition) is 3. The molecule has 20 heavy (non-hydrogen) atoms. The topological polar surface area (TPSA) is 75.4 Å². The first-order chi connectivity index (χ1) is 9.58. The van der Waals surface area contributed by atoms with Crippen LogP contribution in [-0.4, -0.2) is 17.6 Å². The molecule has 0 aromatic heterocycles. The molecule has 0 spiro atoms. The molecule has 0 aliphatic rings. The number of carboxylic acids is 1. The van der Waals surface area contributed by atoms with Gasteiger partial charge in [0.15, 0.2) is 0 Å². The Morgan fingerprint density at radius 1 is 1.25 bits per heavy atom. The third-order valence-electron chi connectivity index (χ3n) is 2.93. The lowest BCUT2D eigenvalue weighted by Gasteiger charge is -2.12. The average molecular weight is 274 g/mol. The lowest BCUT2D eigenvalue weighted by atomic mass is 10.1. The maximum absolute atomic E-state index is 13.0. The van der Waals surface area contributed by atoms with Crippen molar-refractivity contribution in [3.8, 4) is 0 Å². The van der Waals surface area contributed by atoms with Crippen LogP contribution in [0.5, 0.6) is 0 Å². The fraction of sp³-hybridized carbons (Fsp3) is 0.133. The number of nitrogens with two attached hydrogens (primary N) is 1. The van der Waals surface area contributed by atoms with E-state index in [9.17, 15) is 9.18 Å². The molecule has 4 nitrogen and oxygen atoms in total. The molecule has 2 aromatic rings. The Balaban J connectivity index is 2.06. The van der Waals surface area contributed by atoms with E-state index in [-0.39, 0.29) is 11.4 Å². The summed E-state index contributed by atoms with van der Waals surface area (Å²) in [5, 5.41) is 12.1. The summed E-state index contributed by atoms with van der Waals surface area (Å²) in [5.41, 5.74) is 7.52. The van der Waals surface area contributed by atoms with Crippen LogP contribution in [-0.2, 0) is 6.42 Å². The Hall–Kier alpha value is -2.56. The van der Waals surface area contributed by atoms with Crippen LogP contribution in [0.2, 0.25) is 0 Å². The molecule has 0 unspecified atom stereocenters. The van der Waals surface area contributed by atoms with E-state index in [2.05, 4.69) is 5.32 Å². The second kappa shape index (κ2) is 6.06. The van der Waals surface area contributed by atoms with Crippen molar-refractivity contribution in [3.63, 3.8) is 0 Å². The van der Waals surface area contributed by atoms with Gasteiger partial charge < -0.3 is 16.2 Å². The van der Waals surface area contributed by atoms with Gasteiger partial charge in [0.25, 0.3) is 0 Å². The number of hydrogen-bond donors (Lipinski definition) is 3. The van der Waals surface area contributed by atoms with Crippen molar-refractivity contribution in [3.05, 3.63) is 59.4 Å². The van der Waals surface area contributed by atoms with Gasteiger partial charge in [-0.05, 0) is 36.2 Å². The van der Waals surface area contributed by atoms with Gasteiger partial charge in [-0.15, -0.1) is 0 Å². The van der Waals surface area contributed by atoms with Crippen LogP contribution >= 0.6 is 0 Å². The van der Waals surface area contributed by atoms with E-state index in [1.807, 2.05) is 6.07 Å². The standard InChI is InChI=1S/C15H15FN2O2/c16-11-4-1-3-10(9-11)7-8-18-14-12(15(19)20)5-2-6-13(14)17/h1-6,9,18H,7-8,17H2,(H,19,20). The Morgan fingerprint density at radius 2 is 2.00 bits per heavy atom. The molecule has 104 valence electrons. The van der Waals surface area contributed by atoms with Crippen LogP contribution in [0.4, 0.5) is 15.8 Å². The van der Waals surface area contributed by atoms with E-state index < -0.39 is 5.97 Å². The van der Waals surface area contributed by atoms with Gasteiger partial charge >= 0.3 is 5.97 Å². The van der Waals surface area contributed by atoms with Crippen molar-refractivity contribution in [2.24, 2.45) is 0 Å². The predicted octanol–water partition coefficient (Wildman–Crippen LogP) is 2.76. The minimum absolute atomic E-state index is 0.129. The average Bonchev–Trinajstić information content (AvgIpc) is 2.40. The van der Waals surface area contributed by atoms with Crippen molar-refractivity contribution in [2.45, 2.75) is 6.42 Å². The van der Waals surface area contributed by atoms with Gasteiger partial charge in [0.1, 0.15) is 5.82 Å². The highest BCUT2D eigenvalue weighted by Crippen LogP contribution is 2.23. The first kappa shape index (κ1) is 13.9. The second-order valence-electron chi connectivity index (χ2n) is 4.38. The summed E-state index contributed by atoms with van der Waals surface area (Å²) < 4.78 is 13.0. The van der Waals surface area contributed by atoms with E-state index in [0.717, 1.165) is 5.56 Å². The van der Waals surface area contributed by atoms with E-state index in [1.165, 1.54) is 18.2 Å². The SMILES string of the molecule is Nc1cccc(C(=O)O)c1NCCc1cccc(F)c1. The van der Waals surface area contributed by atoms with E-state index >= 15 is 0 Å². The van der Waals surface area contributed by atoms with Crippen LogP contribution in [0.3, 0.4) is 0 Å². The van der Waals surface area contributed by atoms with E-state index in [0.29, 0.717) is 24.3 Å². The molecule has 0 aliphatic carbocycles. The maximum Gasteiger partial charge on any atom is 0.337 e. The molecule has 0 fully saturated rings. The fourth-order valence-corrected chi connectivity index (χ4v) is 1.97. The third kappa shape index (κ3) is 3.26. The van der Waals surface area contributed by atoms with Crippen LogP contribution in [0.25, 0.3) is 0 Å². The predicted molar refractivity (Wildman–Crippen MR) is 76.4 cm³/mol. The van der Waals surface area contributed by atoms with Crippen LogP contribution in [0.15, 0.2) is 42.5 Å². The van der Waals surface area contributed by atoms with E-state index in [1.54, 1.807) is 18.2 Å². The molecule has 2 rings (SSSR count). The normalized spacial score (nSPS) is 10.2. The molecule has 5 heteroatoms. The third-order valence-corrected chi connectivity index (χ3v) is 2.93. The Labute approximate surface area is 116 Å². The lowest BCUT2D eigenvalue weighted by Crippen LogP contribution is -2.11. The van der Waals surface area contributed by atoms with Gasteiger partial charge in [0, 0.05) is 6.54 Å². The number of nitrogens with one attached hydrogen (secondary N) is 1. The lowest BCUT2D eigenvalue weighted by molar-refractivity contribution is 0.0698. The van der Waals surface area contributed by atoms with Gasteiger partial charge in [-0.1, -0.05) is 18.2 Å². The summed E-state index contributed by atoms with van der Waals surface area (Å²) >= 11 is 0. The van der Waals surface area contributed by atoms with Crippen LogP contribution in [0, 0.1) is 5.82 Å². The molecule has 0 amide bonds. The number of rotatable bonds is 5.